The molecule has 138 valence electrons. The number of carbonyl (C=O) groups excluding carboxylic acids is 2. The Kier molecular flexibility index (Phi) is 6.26. The Hall–Kier alpha value is -2.64. The lowest BCUT2D eigenvalue weighted by Gasteiger charge is -2.04. The zero-order valence-corrected chi connectivity index (χ0v) is 16.0. The number of thioether (sulfide) groups is 1. The van der Waals surface area contributed by atoms with E-state index in [1.807, 2.05) is 24.3 Å². The Bertz CT molecular complexity index is 895. The molecule has 0 aliphatic carbocycles. The van der Waals surface area contributed by atoms with E-state index in [9.17, 15) is 9.59 Å². The van der Waals surface area contributed by atoms with Gasteiger partial charge >= 0.3 is 0 Å². The molecule has 1 saturated heterocycles. The van der Waals surface area contributed by atoms with Gasteiger partial charge in [-0.1, -0.05) is 23.4 Å². The van der Waals surface area contributed by atoms with E-state index in [1.165, 1.54) is 11.8 Å². The quantitative estimate of drug-likeness (QED) is 0.456. The van der Waals surface area contributed by atoms with Crippen LogP contribution in [0.1, 0.15) is 22.3 Å². The lowest BCUT2D eigenvalue weighted by molar-refractivity contribution is -0.118. The number of methoxy groups -OCH3 is 1. The number of ether oxygens (including phenoxy) is 1. The molecule has 0 radical (unpaired) electrons. The van der Waals surface area contributed by atoms with E-state index in [2.05, 4.69) is 15.5 Å². The fraction of sp³-hybridized carbons (Fsp3) is 0.158. The number of benzene rings is 2. The predicted molar refractivity (Wildman–Crippen MR) is 108 cm³/mol. The van der Waals surface area contributed by atoms with Crippen molar-refractivity contribution in [2.75, 3.05) is 7.11 Å². The summed E-state index contributed by atoms with van der Waals surface area (Å²) in [4.78, 5) is 24.4. The minimum absolute atomic E-state index is 0.0827. The fourth-order valence-corrected chi connectivity index (χ4v) is 3.40. The van der Waals surface area contributed by atoms with Gasteiger partial charge in [-0.25, -0.2) is 0 Å². The Labute approximate surface area is 165 Å². The predicted octanol–water partition coefficient (Wildman–Crippen LogP) is 3.54. The largest absolute Gasteiger partial charge is 0.497 e. The van der Waals surface area contributed by atoms with E-state index < -0.39 is 5.25 Å². The summed E-state index contributed by atoms with van der Waals surface area (Å²) in [6.07, 6.45) is 1.66. The zero-order chi connectivity index (χ0) is 19.2. The number of ketones is 1. The van der Waals surface area contributed by atoms with Crippen LogP contribution >= 0.6 is 23.4 Å². The van der Waals surface area contributed by atoms with Gasteiger partial charge in [0.05, 0.1) is 18.6 Å². The molecule has 0 saturated carbocycles. The number of hydrogen-bond donors (Lipinski definition) is 1. The Balaban J connectivity index is 1.59. The second-order valence-electron chi connectivity index (χ2n) is 5.65. The van der Waals surface area contributed by atoms with Gasteiger partial charge < -0.3 is 10.1 Å². The van der Waals surface area contributed by atoms with Crippen LogP contribution in [0, 0.1) is 0 Å². The number of carbonyl (C=O) groups is 2. The van der Waals surface area contributed by atoms with Crippen LogP contribution in [0.4, 0.5) is 0 Å². The van der Waals surface area contributed by atoms with Crippen LogP contribution in [0.3, 0.4) is 0 Å². The van der Waals surface area contributed by atoms with Crippen molar-refractivity contribution in [1.82, 2.24) is 5.32 Å². The topological polar surface area (TPSA) is 80.1 Å². The zero-order valence-electron chi connectivity index (χ0n) is 14.4. The number of halogens is 1. The number of nitrogens with zero attached hydrogens (tertiary/aromatic N) is 2. The van der Waals surface area contributed by atoms with Crippen LogP contribution in [0.2, 0.25) is 5.02 Å². The summed E-state index contributed by atoms with van der Waals surface area (Å²) >= 11 is 7.02. The number of amidine groups is 1. The molecular formula is C19H16ClN3O3S. The van der Waals surface area contributed by atoms with E-state index in [4.69, 9.17) is 16.3 Å². The number of nitrogens with one attached hydrogen (secondary N) is 1. The van der Waals surface area contributed by atoms with E-state index >= 15 is 0 Å². The molecular weight excluding hydrogens is 386 g/mol. The van der Waals surface area contributed by atoms with Crippen molar-refractivity contribution in [1.29, 1.82) is 0 Å². The molecule has 1 unspecified atom stereocenters. The highest BCUT2D eigenvalue weighted by atomic mass is 35.5. The molecule has 1 N–H and O–H groups in total. The average molecular weight is 402 g/mol. The lowest BCUT2D eigenvalue weighted by Crippen LogP contribution is -2.26. The Morgan fingerprint density at radius 1 is 1.22 bits per heavy atom. The van der Waals surface area contributed by atoms with E-state index in [0.29, 0.717) is 15.8 Å². The van der Waals surface area contributed by atoms with Gasteiger partial charge in [-0.05, 0) is 54.1 Å². The van der Waals surface area contributed by atoms with Crippen LogP contribution in [0.25, 0.3) is 0 Å². The normalized spacial score (nSPS) is 18.1. The monoisotopic (exact) mass is 401 g/mol. The highest BCUT2D eigenvalue weighted by Gasteiger charge is 2.32. The molecule has 1 amide bonds. The second-order valence-corrected chi connectivity index (χ2v) is 7.28. The standard InChI is InChI=1S/C19H16ClN3O3S/c1-26-15-8-2-12(3-9-15)11-21-23-19-22-18(25)17(27-19)10-16(24)13-4-6-14(20)7-5-13/h2-9,11,17H,10H2,1H3,(H,22,23,25). The molecule has 1 atom stereocenters. The van der Waals surface area contributed by atoms with Gasteiger partial charge in [-0.3, -0.25) is 9.59 Å². The van der Waals surface area contributed by atoms with Crippen LogP contribution in [-0.4, -0.2) is 35.4 Å². The van der Waals surface area contributed by atoms with Crippen molar-refractivity contribution in [2.45, 2.75) is 11.7 Å². The van der Waals surface area contributed by atoms with Crippen LogP contribution < -0.4 is 10.1 Å². The molecule has 8 heteroatoms. The highest BCUT2D eigenvalue weighted by Crippen LogP contribution is 2.24. The van der Waals surface area contributed by atoms with Crippen molar-refractivity contribution in [2.24, 2.45) is 10.2 Å². The van der Waals surface area contributed by atoms with Crippen LogP contribution in [0.15, 0.2) is 58.7 Å². The number of hydrogen-bond acceptors (Lipinski definition) is 6. The molecule has 0 bridgehead atoms. The summed E-state index contributed by atoms with van der Waals surface area (Å²) in [7, 11) is 1.60. The SMILES string of the molecule is COc1ccc(C=NN=C2NC(=O)C(CC(=O)c3ccc(Cl)cc3)S2)cc1. The summed E-state index contributed by atoms with van der Waals surface area (Å²) < 4.78 is 5.09. The van der Waals surface area contributed by atoms with Gasteiger partial charge in [0, 0.05) is 17.0 Å². The number of amides is 1. The average Bonchev–Trinajstić information content (AvgIpc) is 3.02. The minimum Gasteiger partial charge on any atom is -0.497 e. The van der Waals surface area contributed by atoms with E-state index in [0.717, 1.165) is 11.3 Å². The molecule has 1 heterocycles. The minimum atomic E-state index is -0.525. The molecule has 0 spiro atoms. The molecule has 1 aliphatic heterocycles. The van der Waals surface area contributed by atoms with Crippen molar-refractivity contribution >= 4 is 46.4 Å². The molecule has 6 nitrogen and oxygen atoms in total. The maximum absolute atomic E-state index is 12.3. The second kappa shape index (κ2) is 8.83. The first kappa shape index (κ1) is 19.1. The summed E-state index contributed by atoms with van der Waals surface area (Å²) in [6, 6.07) is 13.9. The Morgan fingerprint density at radius 3 is 2.59 bits per heavy atom. The van der Waals surface area contributed by atoms with Gasteiger partial charge in [0.1, 0.15) is 5.75 Å². The Morgan fingerprint density at radius 2 is 1.93 bits per heavy atom. The molecule has 3 rings (SSSR count). The third kappa shape index (κ3) is 5.18. The molecule has 27 heavy (non-hydrogen) atoms. The van der Waals surface area contributed by atoms with E-state index in [1.54, 1.807) is 37.6 Å². The molecule has 1 aliphatic rings. The van der Waals surface area contributed by atoms with Crippen molar-refractivity contribution in [3.63, 3.8) is 0 Å². The molecule has 2 aromatic rings. The third-order valence-corrected chi connectivity index (χ3v) is 5.11. The van der Waals surface area contributed by atoms with Crippen molar-refractivity contribution in [3.8, 4) is 5.75 Å². The van der Waals surface area contributed by atoms with E-state index in [-0.39, 0.29) is 18.1 Å². The lowest BCUT2D eigenvalue weighted by atomic mass is 10.1. The summed E-state index contributed by atoms with van der Waals surface area (Å²) in [6.45, 7) is 0. The molecule has 1 fully saturated rings. The molecule has 2 aromatic carbocycles. The summed E-state index contributed by atoms with van der Waals surface area (Å²) in [5.41, 5.74) is 1.37. The van der Waals surface area contributed by atoms with Gasteiger partial charge in [-0.15, -0.1) is 5.10 Å². The maximum atomic E-state index is 12.3. The molecule has 0 aromatic heterocycles. The number of rotatable bonds is 6. The summed E-state index contributed by atoms with van der Waals surface area (Å²) in [5.74, 6) is 0.383. The maximum Gasteiger partial charge on any atom is 0.240 e. The van der Waals surface area contributed by atoms with Crippen molar-refractivity contribution in [3.05, 3.63) is 64.7 Å². The van der Waals surface area contributed by atoms with Crippen molar-refractivity contribution < 1.29 is 14.3 Å². The smallest absolute Gasteiger partial charge is 0.240 e. The first-order valence-electron chi connectivity index (χ1n) is 8.06. The fourth-order valence-electron chi connectivity index (χ4n) is 2.35. The van der Waals surface area contributed by atoms with Gasteiger partial charge in [0.25, 0.3) is 0 Å². The first-order chi connectivity index (χ1) is 13.0. The van der Waals surface area contributed by atoms with Gasteiger partial charge in [0.2, 0.25) is 5.91 Å². The first-order valence-corrected chi connectivity index (χ1v) is 9.32. The number of Topliss-reactive ketones (excluding diaryl/α,β-unsaturated/α-hetero) is 1. The van der Waals surface area contributed by atoms with Gasteiger partial charge in [0.15, 0.2) is 11.0 Å². The van der Waals surface area contributed by atoms with Crippen LogP contribution in [0.5, 0.6) is 5.75 Å². The van der Waals surface area contributed by atoms with Gasteiger partial charge in [-0.2, -0.15) is 5.10 Å². The van der Waals surface area contributed by atoms with Crippen LogP contribution in [-0.2, 0) is 4.79 Å². The third-order valence-electron chi connectivity index (χ3n) is 3.78. The highest BCUT2D eigenvalue weighted by molar-refractivity contribution is 8.15. The summed E-state index contributed by atoms with van der Waals surface area (Å²) in [5, 5.41) is 11.0.